The number of carbonyl (C=O) groups excluding carboxylic acids is 1. The molecule has 2 aliphatic heterocycles. The molecule has 0 spiro atoms. The Morgan fingerprint density at radius 3 is 2.55 bits per heavy atom. The number of esters is 1. The molecule has 2 saturated heterocycles. The molecule has 0 aromatic carbocycles. The molecule has 5 heteroatoms. The number of ether oxygens (including phenoxy) is 2. The fourth-order valence-corrected chi connectivity index (χ4v) is 9.57. The Bertz CT molecular complexity index is 910. The smallest absolute Gasteiger partial charge is 0.336 e. The van der Waals surface area contributed by atoms with Gasteiger partial charge in [0, 0.05) is 24.2 Å². The number of aliphatic hydroxyl groups is 2. The summed E-state index contributed by atoms with van der Waals surface area (Å²) < 4.78 is 12.2. The van der Waals surface area contributed by atoms with Gasteiger partial charge in [-0.1, -0.05) is 32.1 Å². The highest BCUT2D eigenvalue weighted by Crippen LogP contribution is 2.68. The molecule has 0 aromatic heterocycles. The van der Waals surface area contributed by atoms with Crippen LogP contribution in [-0.2, 0) is 14.3 Å². The zero-order valence-electron chi connectivity index (χ0n) is 20.4. The van der Waals surface area contributed by atoms with Crippen molar-refractivity contribution < 1.29 is 24.5 Å². The average molecular weight is 457 g/mol. The van der Waals surface area contributed by atoms with E-state index >= 15 is 0 Å². The Hall–Kier alpha value is -1.17. The van der Waals surface area contributed by atoms with Crippen LogP contribution in [0.15, 0.2) is 23.8 Å². The van der Waals surface area contributed by atoms with Gasteiger partial charge in [0.1, 0.15) is 11.7 Å². The Morgan fingerprint density at radius 1 is 1.06 bits per heavy atom. The van der Waals surface area contributed by atoms with Crippen LogP contribution in [0.5, 0.6) is 0 Å². The van der Waals surface area contributed by atoms with Crippen molar-refractivity contribution in [2.45, 2.75) is 96.1 Å². The molecular weight excluding hydrogens is 416 g/mol. The van der Waals surface area contributed by atoms with Crippen LogP contribution in [0.2, 0.25) is 0 Å². The minimum Gasteiger partial charge on any atom is -0.458 e. The van der Waals surface area contributed by atoms with Crippen LogP contribution in [-0.4, -0.2) is 46.7 Å². The third-order valence-electron chi connectivity index (χ3n) is 11.6. The summed E-state index contributed by atoms with van der Waals surface area (Å²) in [5, 5.41) is 21.4. The maximum absolute atomic E-state index is 12.5. The minimum absolute atomic E-state index is 0.0722. The summed E-state index contributed by atoms with van der Waals surface area (Å²) >= 11 is 0. The first-order valence-corrected chi connectivity index (χ1v) is 13.2. The maximum Gasteiger partial charge on any atom is 0.336 e. The van der Waals surface area contributed by atoms with E-state index in [2.05, 4.69) is 26.5 Å². The van der Waals surface area contributed by atoms with E-state index in [1.807, 2.05) is 6.92 Å². The lowest BCUT2D eigenvalue weighted by Crippen LogP contribution is -2.58. The zero-order chi connectivity index (χ0) is 23.3. The molecule has 0 aromatic rings. The molecule has 2 heterocycles. The minimum atomic E-state index is -0.575. The number of hydrogen-bond acceptors (Lipinski definition) is 5. The maximum atomic E-state index is 12.5. The van der Waals surface area contributed by atoms with Crippen LogP contribution in [0, 0.1) is 40.4 Å². The summed E-state index contributed by atoms with van der Waals surface area (Å²) in [4.78, 5) is 12.5. The molecule has 4 aliphatic carbocycles. The number of carbonyl (C=O) groups is 1. The van der Waals surface area contributed by atoms with Gasteiger partial charge in [0.05, 0.1) is 24.4 Å². The summed E-state index contributed by atoms with van der Waals surface area (Å²) in [7, 11) is 0. The second-order valence-electron chi connectivity index (χ2n) is 12.8. The lowest BCUT2D eigenvalue weighted by atomic mass is 9.46. The van der Waals surface area contributed by atoms with Gasteiger partial charge in [-0.05, 0) is 74.5 Å². The quantitative estimate of drug-likeness (QED) is 0.352. The van der Waals surface area contributed by atoms with E-state index in [-0.39, 0.29) is 28.8 Å². The number of hydrogen-bond donors (Lipinski definition) is 2. The third kappa shape index (κ3) is 2.91. The molecule has 5 nitrogen and oxygen atoms in total. The summed E-state index contributed by atoms with van der Waals surface area (Å²) in [5.41, 5.74) is 1.19. The monoisotopic (exact) mass is 456 g/mol. The standard InChI is InChI=1S/C28H40O5/c1-15-25(31)33-23-13-27(15,3)32-14-19(23)21-8-7-20-18-6-5-16-11-17(29)12-24(30)28(16,4)22(18)9-10-26(20,21)2/h5,17-24,29-30H,1,6-14H2,2-4H3/t17-,18+,19+,20+,21-,22+,23-,24+,26+,27-,28+/m1/s1. The molecule has 6 aliphatic rings. The second-order valence-corrected chi connectivity index (χ2v) is 12.8. The van der Waals surface area contributed by atoms with Gasteiger partial charge in [-0.25, -0.2) is 4.79 Å². The molecule has 0 amide bonds. The van der Waals surface area contributed by atoms with Crippen molar-refractivity contribution in [2.24, 2.45) is 40.4 Å². The van der Waals surface area contributed by atoms with Crippen LogP contribution in [0.25, 0.3) is 0 Å². The van der Waals surface area contributed by atoms with Crippen molar-refractivity contribution in [2.75, 3.05) is 6.61 Å². The molecule has 2 N–H and O–H groups in total. The molecule has 2 bridgehead atoms. The van der Waals surface area contributed by atoms with Crippen LogP contribution in [0.1, 0.15) is 72.1 Å². The summed E-state index contributed by atoms with van der Waals surface area (Å²) in [5.74, 6) is 2.15. The second kappa shape index (κ2) is 7.18. The van der Waals surface area contributed by atoms with Crippen molar-refractivity contribution in [3.8, 4) is 0 Å². The molecule has 33 heavy (non-hydrogen) atoms. The summed E-state index contributed by atoms with van der Waals surface area (Å²) in [6.45, 7) is 11.3. The van der Waals surface area contributed by atoms with Gasteiger partial charge in [0.2, 0.25) is 0 Å². The summed E-state index contributed by atoms with van der Waals surface area (Å²) in [6, 6.07) is 0. The first-order valence-electron chi connectivity index (χ1n) is 13.2. The molecule has 3 saturated carbocycles. The predicted molar refractivity (Wildman–Crippen MR) is 124 cm³/mol. The SMILES string of the molecule is C=C1C(=O)O[C@@H]2C[C@@]1(C)OC[C@H]2[C@H]1CC[C@H]2[C@@H]3CC=C4C[C@@H](O)C[C@H](O)[C@]4(C)[C@H]3CC[C@]12C. The number of aliphatic hydroxyl groups excluding tert-OH is 2. The molecule has 5 fully saturated rings. The van der Waals surface area contributed by atoms with Crippen molar-refractivity contribution in [3.63, 3.8) is 0 Å². The molecule has 11 atom stereocenters. The number of fused-ring (bicyclic) bond motifs is 7. The van der Waals surface area contributed by atoms with Crippen LogP contribution in [0.3, 0.4) is 0 Å². The van der Waals surface area contributed by atoms with E-state index in [9.17, 15) is 15.0 Å². The fourth-order valence-electron chi connectivity index (χ4n) is 9.57. The highest BCUT2D eigenvalue weighted by Gasteiger charge is 2.63. The Labute approximate surface area is 197 Å². The lowest BCUT2D eigenvalue weighted by molar-refractivity contribution is -0.201. The van der Waals surface area contributed by atoms with Gasteiger partial charge in [-0.3, -0.25) is 0 Å². The van der Waals surface area contributed by atoms with Gasteiger partial charge in [-0.15, -0.1) is 0 Å². The van der Waals surface area contributed by atoms with Gasteiger partial charge >= 0.3 is 5.97 Å². The normalized spacial score (nSPS) is 55.7. The molecular formula is C28H40O5. The van der Waals surface area contributed by atoms with Gasteiger partial charge in [0.15, 0.2) is 0 Å². The molecule has 6 rings (SSSR count). The number of rotatable bonds is 1. The van der Waals surface area contributed by atoms with Crippen molar-refractivity contribution in [3.05, 3.63) is 23.8 Å². The first-order chi connectivity index (χ1) is 15.6. The van der Waals surface area contributed by atoms with Gasteiger partial charge in [0.25, 0.3) is 0 Å². The Morgan fingerprint density at radius 2 is 1.79 bits per heavy atom. The van der Waals surface area contributed by atoms with Crippen LogP contribution >= 0.6 is 0 Å². The van der Waals surface area contributed by atoms with Crippen LogP contribution < -0.4 is 0 Å². The average Bonchev–Trinajstić information content (AvgIpc) is 3.11. The summed E-state index contributed by atoms with van der Waals surface area (Å²) in [6.07, 6.45) is 9.10. The molecule has 182 valence electrons. The van der Waals surface area contributed by atoms with E-state index in [4.69, 9.17) is 9.47 Å². The third-order valence-corrected chi connectivity index (χ3v) is 11.6. The van der Waals surface area contributed by atoms with Gasteiger partial charge < -0.3 is 19.7 Å². The lowest BCUT2D eigenvalue weighted by Gasteiger charge is -2.60. The van der Waals surface area contributed by atoms with Crippen LogP contribution in [0.4, 0.5) is 0 Å². The largest absolute Gasteiger partial charge is 0.458 e. The van der Waals surface area contributed by atoms with Crippen molar-refractivity contribution in [1.29, 1.82) is 0 Å². The highest BCUT2D eigenvalue weighted by atomic mass is 16.6. The van der Waals surface area contributed by atoms with Gasteiger partial charge in [-0.2, -0.15) is 0 Å². The highest BCUT2D eigenvalue weighted by molar-refractivity contribution is 5.91. The topological polar surface area (TPSA) is 76.0 Å². The molecule has 0 unspecified atom stereocenters. The van der Waals surface area contributed by atoms with E-state index in [0.29, 0.717) is 42.3 Å². The predicted octanol–water partition coefficient (Wildman–Crippen LogP) is 4.17. The molecule has 0 radical (unpaired) electrons. The Kier molecular flexibility index (Phi) is 4.85. The van der Waals surface area contributed by atoms with Crippen molar-refractivity contribution in [1.82, 2.24) is 0 Å². The Balaban J connectivity index is 1.27. The van der Waals surface area contributed by atoms with E-state index < -0.39 is 17.8 Å². The van der Waals surface area contributed by atoms with E-state index in [0.717, 1.165) is 32.1 Å². The van der Waals surface area contributed by atoms with Crippen molar-refractivity contribution >= 4 is 5.97 Å². The zero-order valence-corrected chi connectivity index (χ0v) is 20.4. The van der Waals surface area contributed by atoms with E-state index in [1.165, 1.54) is 18.4 Å². The van der Waals surface area contributed by atoms with E-state index in [1.54, 1.807) is 0 Å². The fraction of sp³-hybridized carbons (Fsp3) is 0.821. The first kappa shape index (κ1) is 22.3. The number of allylic oxidation sites excluding steroid dienone is 1.